The van der Waals surface area contributed by atoms with Crippen molar-refractivity contribution in [2.75, 3.05) is 13.7 Å². The van der Waals surface area contributed by atoms with Gasteiger partial charge < -0.3 is 9.47 Å². The van der Waals surface area contributed by atoms with Gasteiger partial charge in [-0.15, -0.1) is 0 Å². The molecule has 1 aromatic carbocycles. The van der Waals surface area contributed by atoms with Gasteiger partial charge in [0.1, 0.15) is 12.4 Å². The van der Waals surface area contributed by atoms with Crippen LogP contribution < -0.4 is 4.74 Å². The Kier molecular flexibility index (Phi) is 5.29. The average molecular weight is 257 g/mol. The van der Waals surface area contributed by atoms with Crippen LogP contribution in [0.4, 0.5) is 0 Å². The minimum atomic E-state index is -0.281. The van der Waals surface area contributed by atoms with E-state index in [1.165, 1.54) is 7.11 Å². The third-order valence-corrected chi connectivity index (χ3v) is 2.88. The molecule has 0 spiro atoms. The van der Waals surface area contributed by atoms with Gasteiger partial charge in [0, 0.05) is 0 Å². The fourth-order valence-electron chi connectivity index (χ4n) is 1.43. The van der Waals surface area contributed by atoms with Crippen molar-refractivity contribution in [3.8, 4) is 5.75 Å². The number of methoxy groups -OCH3 is 1. The van der Waals surface area contributed by atoms with E-state index in [9.17, 15) is 4.79 Å². The van der Waals surface area contributed by atoms with Gasteiger partial charge in [-0.1, -0.05) is 37.6 Å². The van der Waals surface area contributed by atoms with Crippen molar-refractivity contribution in [1.82, 2.24) is 0 Å². The number of hydrogen-bond donors (Lipinski definition) is 0. The van der Waals surface area contributed by atoms with E-state index >= 15 is 0 Å². The van der Waals surface area contributed by atoms with Crippen LogP contribution in [0.25, 0.3) is 0 Å². The minimum Gasteiger partial charge on any atom is -0.491 e. The second kappa shape index (κ2) is 6.50. The Hall–Kier alpha value is -1.22. The Balaban J connectivity index is 2.64. The Morgan fingerprint density at radius 3 is 2.53 bits per heavy atom. The van der Waals surface area contributed by atoms with E-state index in [1.807, 2.05) is 26.0 Å². The Morgan fingerprint density at radius 1 is 1.35 bits per heavy atom. The second-order valence-corrected chi connectivity index (χ2v) is 4.52. The normalized spacial score (nSPS) is 12.3. The van der Waals surface area contributed by atoms with Crippen molar-refractivity contribution in [2.45, 2.75) is 13.8 Å². The molecule has 0 saturated carbocycles. The van der Waals surface area contributed by atoms with Gasteiger partial charge in [0.15, 0.2) is 0 Å². The zero-order valence-electron chi connectivity index (χ0n) is 10.3. The quantitative estimate of drug-likeness (QED) is 0.759. The van der Waals surface area contributed by atoms with Crippen LogP contribution in [0.5, 0.6) is 5.75 Å². The molecule has 0 bridgehead atoms. The van der Waals surface area contributed by atoms with E-state index in [1.54, 1.807) is 12.1 Å². The van der Waals surface area contributed by atoms with Gasteiger partial charge >= 0.3 is 5.97 Å². The van der Waals surface area contributed by atoms with E-state index in [4.69, 9.17) is 21.1 Å². The summed E-state index contributed by atoms with van der Waals surface area (Å²) in [7, 11) is 1.38. The first kappa shape index (κ1) is 13.8. The topological polar surface area (TPSA) is 35.5 Å². The third kappa shape index (κ3) is 3.93. The first-order chi connectivity index (χ1) is 8.06. The molecule has 0 aliphatic rings. The van der Waals surface area contributed by atoms with Crippen LogP contribution in [-0.4, -0.2) is 19.7 Å². The predicted octanol–water partition coefficient (Wildman–Crippen LogP) is 3.16. The third-order valence-electron chi connectivity index (χ3n) is 2.56. The van der Waals surface area contributed by atoms with Crippen molar-refractivity contribution in [3.05, 3.63) is 29.3 Å². The monoisotopic (exact) mass is 256 g/mol. The summed E-state index contributed by atoms with van der Waals surface area (Å²) in [5, 5.41) is 0.542. The van der Waals surface area contributed by atoms with Crippen molar-refractivity contribution in [3.63, 3.8) is 0 Å². The molecule has 0 saturated heterocycles. The fraction of sp³-hybridized carbons (Fsp3) is 0.462. The van der Waals surface area contributed by atoms with Gasteiger partial charge in [0.25, 0.3) is 0 Å². The average Bonchev–Trinajstić information content (AvgIpc) is 2.30. The highest BCUT2D eigenvalue weighted by atomic mass is 35.5. The van der Waals surface area contributed by atoms with Crippen LogP contribution in [0.2, 0.25) is 5.02 Å². The molecule has 3 nitrogen and oxygen atoms in total. The lowest BCUT2D eigenvalue weighted by Crippen LogP contribution is -2.27. The lowest BCUT2D eigenvalue weighted by Gasteiger charge is -2.19. The van der Waals surface area contributed by atoms with Gasteiger partial charge in [0.05, 0.1) is 18.1 Å². The summed E-state index contributed by atoms with van der Waals surface area (Å²) in [6.07, 6.45) is 0. The van der Waals surface area contributed by atoms with E-state index in [-0.39, 0.29) is 24.4 Å². The largest absolute Gasteiger partial charge is 0.491 e. The molecular weight excluding hydrogens is 240 g/mol. The summed E-state index contributed by atoms with van der Waals surface area (Å²) in [6.45, 7) is 4.18. The molecule has 0 amide bonds. The number of hydrogen-bond acceptors (Lipinski definition) is 3. The highest BCUT2D eigenvalue weighted by Crippen LogP contribution is 2.24. The number of carbonyl (C=O) groups excluding carboxylic acids is 1. The fourth-order valence-corrected chi connectivity index (χ4v) is 1.62. The van der Waals surface area contributed by atoms with Gasteiger partial charge in [-0.3, -0.25) is 4.79 Å². The first-order valence-corrected chi connectivity index (χ1v) is 5.89. The number of carbonyl (C=O) groups is 1. The van der Waals surface area contributed by atoms with Crippen molar-refractivity contribution in [2.24, 2.45) is 11.8 Å². The summed E-state index contributed by atoms with van der Waals surface area (Å²) in [5.74, 6) is 0.206. The number of esters is 1. The predicted molar refractivity (Wildman–Crippen MR) is 67.3 cm³/mol. The SMILES string of the molecule is COC(=O)C(COc1ccccc1Cl)C(C)C. The van der Waals surface area contributed by atoms with Crippen molar-refractivity contribution >= 4 is 17.6 Å². The Labute approximate surface area is 107 Å². The highest BCUT2D eigenvalue weighted by Gasteiger charge is 2.24. The minimum absolute atomic E-state index is 0.157. The van der Waals surface area contributed by atoms with Crippen LogP contribution in [0, 0.1) is 11.8 Å². The highest BCUT2D eigenvalue weighted by molar-refractivity contribution is 6.32. The molecule has 0 aliphatic carbocycles. The summed E-state index contributed by atoms with van der Waals surface area (Å²) >= 11 is 5.96. The number of para-hydroxylation sites is 1. The molecule has 1 aromatic rings. The zero-order valence-corrected chi connectivity index (χ0v) is 11.0. The smallest absolute Gasteiger partial charge is 0.312 e. The molecule has 0 radical (unpaired) electrons. The van der Waals surface area contributed by atoms with Gasteiger partial charge in [-0.25, -0.2) is 0 Å². The molecule has 0 heterocycles. The lowest BCUT2D eigenvalue weighted by molar-refractivity contribution is -0.148. The molecule has 1 unspecified atom stereocenters. The van der Waals surface area contributed by atoms with Crippen LogP contribution in [0.15, 0.2) is 24.3 Å². The van der Waals surface area contributed by atoms with Crippen LogP contribution in [0.3, 0.4) is 0 Å². The maximum atomic E-state index is 11.5. The zero-order chi connectivity index (χ0) is 12.8. The lowest BCUT2D eigenvalue weighted by atomic mass is 9.97. The molecular formula is C13H17ClO3. The van der Waals surface area contributed by atoms with Gasteiger partial charge in [0.2, 0.25) is 0 Å². The molecule has 17 heavy (non-hydrogen) atoms. The molecule has 4 heteroatoms. The van der Waals surface area contributed by atoms with E-state index in [2.05, 4.69) is 0 Å². The first-order valence-electron chi connectivity index (χ1n) is 5.51. The van der Waals surface area contributed by atoms with Crippen molar-refractivity contribution in [1.29, 1.82) is 0 Å². The molecule has 0 N–H and O–H groups in total. The van der Waals surface area contributed by atoms with Crippen LogP contribution in [-0.2, 0) is 9.53 Å². The Bertz CT molecular complexity index is 377. The molecule has 94 valence electrons. The summed E-state index contributed by atoms with van der Waals surface area (Å²) in [5.41, 5.74) is 0. The van der Waals surface area contributed by atoms with Gasteiger partial charge in [-0.05, 0) is 18.1 Å². The molecule has 0 fully saturated rings. The van der Waals surface area contributed by atoms with E-state index < -0.39 is 0 Å². The van der Waals surface area contributed by atoms with Gasteiger partial charge in [-0.2, -0.15) is 0 Å². The number of benzene rings is 1. The van der Waals surface area contributed by atoms with Crippen LogP contribution in [0.1, 0.15) is 13.8 Å². The maximum Gasteiger partial charge on any atom is 0.312 e. The summed E-state index contributed by atoms with van der Waals surface area (Å²) in [4.78, 5) is 11.5. The summed E-state index contributed by atoms with van der Waals surface area (Å²) in [6, 6.07) is 7.19. The molecule has 0 aliphatic heterocycles. The molecule has 1 rings (SSSR count). The van der Waals surface area contributed by atoms with Crippen molar-refractivity contribution < 1.29 is 14.3 Å². The maximum absolute atomic E-state index is 11.5. The van der Waals surface area contributed by atoms with Crippen LogP contribution >= 0.6 is 11.6 Å². The Morgan fingerprint density at radius 2 is 2.00 bits per heavy atom. The summed E-state index contributed by atoms with van der Waals surface area (Å²) < 4.78 is 10.3. The number of ether oxygens (including phenoxy) is 2. The number of halogens is 1. The second-order valence-electron chi connectivity index (χ2n) is 4.12. The molecule has 0 aromatic heterocycles. The molecule has 1 atom stereocenters. The van der Waals surface area contributed by atoms with E-state index in [0.717, 1.165) is 0 Å². The number of rotatable bonds is 5. The van der Waals surface area contributed by atoms with E-state index in [0.29, 0.717) is 10.8 Å². The standard InChI is InChI=1S/C13H17ClO3/c1-9(2)10(13(15)16-3)8-17-12-7-5-4-6-11(12)14/h4-7,9-10H,8H2,1-3H3.